The molecular weight excluding hydrogens is 262 g/mol. The van der Waals surface area contributed by atoms with Gasteiger partial charge in [0.15, 0.2) is 0 Å². The molecule has 2 rings (SSSR count). The lowest BCUT2D eigenvalue weighted by atomic mass is 10.1. The van der Waals surface area contributed by atoms with E-state index < -0.39 is 0 Å². The van der Waals surface area contributed by atoms with Crippen LogP contribution in [0.25, 0.3) is 0 Å². The van der Waals surface area contributed by atoms with Crippen LogP contribution in [0.15, 0.2) is 48.5 Å². The minimum Gasteiger partial charge on any atom is -0.462 e. The molecule has 110 valence electrons. The van der Waals surface area contributed by atoms with Crippen molar-refractivity contribution in [3.8, 4) is 0 Å². The molecule has 0 amide bonds. The summed E-state index contributed by atoms with van der Waals surface area (Å²) < 4.78 is 5.09. The number of carbonyl (C=O) groups excluding carboxylic acids is 1. The second-order valence-corrected chi connectivity index (χ2v) is 4.74. The van der Waals surface area contributed by atoms with E-state index in [1.165, 1.54) is 11.1 Å². The number of anilines is 1. The lowest BCUT2D eigenvalue weighted by molar-refractivity contribution is 0.0527. The van der Waals surface area contributed by atoms with Gasteiger partial charge in [0.1, 0.15) is 0 Å². The van der Waals surface area contributed by atoms with Gasteiger partial charge in [-0.25, -0.2) is 4.79 Å². The normalized spacial score (nSPS) is 10.2. The zero-order valence-corrected chi connectivity index (χ0v) is 12.6. The first-order valence-corrected chi connectivity index (χ1v) is 7.33. The van der Waals surface area contributed by atoms with Crippen LogP contribution in [0.2, 0.25) is 0 Å². The second kappa shape index (κ2) is 7.48. The SMILES string of the molecule is CCOC(=O)c1ccccc1NCc1ccccc1CC. The van der Waals surface area contributed by atoms with Crippen LogP contribution >= 0.6 is 0 Å². The predicted molar refractivity (Wildman–Crippen MR) is 85.5 cm³/mol. The maximum absolute atomic E-state index is 11.9. The van der Waals surface area contributed by atoms with Crippen LogP contribution in [0.3, 0.4) is 0 Å². The van der Waals surface area contributed by atoms with E-state index in [0.29, 0.717) is 18.7 Å². The van der Waals surface area contributed by atoms with Crippen molar-refractivity contribution in [1.82, 2.24) is 0 Å². The lowest BCUT2D eigenvalue weighted by Gasteiger charge is -2.13. The Morgan fingerprint density at radius 2 is 1.67 bits per heavy atom. The molecule has 2 aromatic carbocycles. The van der Waals surface area contributed by atoms with Crippen molar-refractivity contribution in [2.45, 2.75) is 26.8 Å². The van der Waals surface area contributed by atoms with Gasteiger partial charge in [-0.1, -0.05) is 43.3 Å². The number of rotatable bonds is 6. The minimum atomic E-state index is -0.288. The van der Waals surface area contributed by atoms with E-state index in [4.69, 9.17) is 4.74 Å². The number of hydrogen-bond acceptors (Lipinski definition) is 3. The van der Waals surface area contributed by atoms with E-state index >= 15 is 0 Å². The molecule has 2 aromatic rings. The van der Waals surface area contributed by atoms with E-state index in [9.17, 15) is 4.79 Å². The molecule has 0 aliphatic rings. The standard InChI is InChI=1S/C18H21NO2/c1-3-14-9-5-6-10-15(14)13-19-17-12-8-7-11-16(17)18(20)21-4-2/h5-12,19H,3-4,13H2,1-2H3. The summed E-state index contributed by atoms with van der Waals surface area (Å²) in [7, 11) is 0. The fourth-order valence-electron chi connectivity index (χ4n) is 2.29. The number of carbonyl (C=O) groups is 1. The van der Waals surface area contributed by atoms with Crippen LogP contribution in [-0.4, -0.2) is 12.6 Å². The summed E-state index contributed by atoms with van der Waals surface area (Å²) in [4.78, 5) is 11.9. The summed E-state index contributed by atoms with van der Waals surface area (Å²) >= 11 is 0. The molecule has 0 aliphatic carbocycles. The summed E-state index contributed by atoms with van der Waals surface area (Å²) in [5.74, 6) is -0.288. The third-order valence-electron chi connectivity index (χ3n) is 3.39. The average molecular weight is 283 g/mol. The summed E-state index contributed by atoms with van der Waals surface area (Å²) in [6.45, 7) is 5.03. The number of benzene rings is 2. The Bertz CT molecular complexity index is 608. The molecule has 3 heteroatoms. The van der Waals surface area contributed by atoms with Crippen molar-refractivity contribution in [3.63, 3.8) is 0 Å². The number of nitrogens with one attached hydrogen (secondary N) is 1. The van der Waals surface area contributed by atoms with Crippen LogP contribution in [0.5, 0.6) is 0 Å². The highest BCUT2D eigenvalue weighted by Crippen LogP contribution is 2.18. The smallest absolute Gasteiger partial charge is 0.340 e. The van der Waals surface area contributed by atoms with Gasteiger partial charge in [-0.15, -0.1) is 0 Å². The van der Waals surface area contributed by atoms with Gasteiger partial charge in [-0.05, 0) is 36.6 Å². The van der Waals surface area contributed by atoms with Crippen molar-refractivity contribution in [2.75, 3.05) is 11.9 Å². The lowest BCUT2D eigenvalue weighted by Crippen LogP contribution is -2.10. The van der Waals surface area contributed by atoms with Crippen LogP contribution in [0.1, 0.15) is 35.3 Å². The first-order chi connectivity index (χ1) is 10.3. The van der Waals surface area contributed by atoms with Crippen molar-refractivity contribution >= 4 is 11.7 Å². The summed E-state index contributed by atoms with van der Waals surface area (Å²) in [6.07, 6.45) is 0.997. The number of hydrogen-bond donors (Lipinski definition) is 1. The summed E-state index contributed by atoms with van der Waals surface area (Å²) in [5, 5.41) is 3.34. The number of para-hydroxylation sites is 1. The molecule has 0 fully saturated rings. The highest BCUT2D eigenvalue weighted by atomic mass is 16.5. The van der Waals surface area contributed by atoms with Crippen LogP contribution in [-0.2, 0) is 17.7 Å². The van der Waals surface area contributed by atoms with Gasteiger partial charge >= 0.3 is 5.97 Å². The van der Waals surface area contributed by atoms with Crippen LogP contribution in [0, 0.1) is 0 Å². The molecule has 0 spiro atoms. The van der Waals surface area contributed by atoms with E-state index in [1.54, 1.807) is 6.07 Å². The minimum absolute atomic E-state index is 0.288. The summed E-state index contributed by atoms with van der Waals surface area (Å²) in [6, 6.07) is 15.8. The second-order valence-electron chi connectivity index (χ2n) is 4.74. The van der Waals surface area contributed by atoms with Crippen LogP contribution < -0.4 is 5.32 Å². The Morgan fingerprint density at radius 1 is 1.00 bits per heavy atom. The molecule has 0 aliphatic heterocycles. The number of esters is 1. The Morgan fingerprint density at radius 3 is 2.38 bits per heavy atom. The molecule has 21 heavy (non-hydrogen) atoms. The highest BCUT2D eigenvalue weighted by Gasteiger charge is 2.11. The van der Waals surface area contributed by atoms with Crippen molar-refractivity contribution in [1.29, 1.82) is 0 Å². The average Bonchev–Trinajstić information content (AvgIpc) is 2.53. The predicted octanol–water partition coefficient (Wildman–Crippen LogP) is 4.04. The topological polar surface area (TPSA) is 38.3 Å². The molecule has 0 heterocycles. The third kappa shape index (κ3) is 3.85. The Kier molecular flexibility index (Phi) is 5.38. The van der Waals surface area contributed by atoms with E-state index in [2.05, 4.69) is 30.4 Å². The molecule has 0 atom stereocenters. The molecular formula is C18H21NO2. The van der Waals surface area contributed by atoms with Gasteiger partial charge in [0, 0.05) is 12.2 Å². The Labute approximate surface area is 126 Å². The Balaban J connectivity index is 2.15. The Hall–Kier alpha value is -2.29. The summed E-state index contributed by atoms with van der Waals surface area (Å²) in [5.41, 5.74) is 3.95. The van der Waals surface area contributed by atoms with Crippen molar-refractivity contribution in [3.05, 3.63) is 65.2 Å². The third-order valence-corrected chi connectivity index (χ3v) is 3.39. The molecule has 0 saturated heterocycles. The van der Waals surface area contributed by atoms with Gasteiger partial charge in [0.05, 0.1) is 12.2 Å². The molecule has 0 aromatic heterocycles. The molecule has 0 unspecified atom stereocenters. The number of aryl methyl sites for hydroxylation is 1. The maximum atomic E-state index is 11.9. The quantitative estimate of drug-likeness (QED) is 0.813. The molecule has 0 radical (unpaired) electrons. The van der Waals surface area contributed by atoms with Gasteiger partial charge in [0.25, 0.3) is 0 Å². The molecule has 0 saturated carbocycles. The molecule has 3 nitrogen and oxygen atoms in total. The zero-order valence-electron chi connectivity index (χ0n) is 12.6. The van der Waals surface area contributed by atoms with Crippen molar-refractivity contribution in [2.24, 2.45) is 0 Å². The molecule has 1 N–H and O–H groups in total. The first kappa shape index (κ1) is 15.1. The molecule has 0 bridgehead atoms. The first-order valence-electron chi connectivity index (χ1n) is 7.33. The fourth-order valence-corrected chi connectivity index (χ4v) is 2.29. The van der Waals surface area contributed by atoms with E-state index in [0.717, 1.165) is 12.1 Å². The van der Waals surface area contributed by atoms with Gasteiger partial charge in [0.2, 0.25) is 0 Å². The highest BCUT2D eigenvalue weighted by molar-refractivity contribution is 5.95. The van der Waals surface area contributed by atoms with E-state index in [1.807, 2.05) is 31.2 Å². The van der Waals surface area contributed by atoms with E-state index in [-0.39, 0.29) is 5.97 Å². The van der Waals surface area contributed by atoms with Crippen LogP contribution in [0.4, 0.5) is 5.69 Å². The monoisotopic (exact) mass is 283 g/mol. The van der Waals surface area contributed by atoms with Gasteiger partial charge < -0.3 is 10.1 Å². The largest absolute Gasteiger partial charge is 0.462 e. The number of ether oxygens (including phenoxy) is 1. The van der Waals surface area contributed by atoms with Crippen molar-refractivity contribution < 1.29 is 9.53 Å². The maximum Gasteiger partial charge on any atom is 0.340 e. The fraction of sp³-hybridized carbons (Fsp3) is 0.278. The van der Waals surface area contributed by atoms with Gasteiger partial charge in [-0.3, -0.25) is 0 Å². The zero-order chi connectivity index (χ0) is 15.1. The van der Waals surface area contributed by atoms with Gasteiger partial charge in [-0.2, -0.15) is 0 Å².